The van der Waals surface area contributed by atoms with Gasteiger partial charge in [-0.05, 0) is 25.1 Å². The van der Waals surface area contributed by atoms with E-state index in [1.54, 1.807) is 6.08 Å². The summed E-state index contributed by atoms with van der Waals surface area (Å²) in [4.78, 5) is 4.36. The Kier molecular flexibility index (Phi) is 5.33. The number of nitrogens with one attached hydrogen (secondary N) is 1. The van der Waals surface area contributed by atoms with E-state index in [0.717, 1.165) is 23.6 Å². The van der Waals surface area contributed by atoms with E-state index in [1.807, 2.05) is 42.6 Å². The molecule has 0 saturated heterocycles. The van der Waals surface area contributed by atoms with Crippen molar-refractivity contribution in [1.82, 2.24) is 10.3 Å². The maximum atomic E-state index is 5.65. The number of nitrogens with zero attached hydrogens (tertiary/aromatic N) is 1. The maximum Gasteiger partial charge on any atom is 0.124 e. The number of aromatic nitrogens is 1. The number of hydrogen-bond donors (Lipinski definition) is 1. The summed E-state index contributed by atoms with van der Waals surface area (Å²) >= 11 is 0. The van der Waals surface area contributed by atoms with Crippen LogP contribution in [0.15, 0.2) is 61.3 Å². The van der Waals surface area contributed by atoms with Crippen LogP contribution in [0.1, 0.15) is 24.2 Å². The van der Waals surface area contributed by atoms with Crippen molar-refractivity contribution in [2.24, 2.45) is 0 Å². The summed E-state index contributed by atoms with van der Waals surface area (Å²) in [6, 6.07) is 14.2. The molecule has 3 heteroatoms. The minimum atomic E-state index is 0.198. The van der Waals surface area contributed by atoms with Crippen molar-refractivity contribution in [2.75, 3.05) is 6.61 Å². The molecule has 1 atom stereocenters. The van der Waals surface area contributed by atoms with Crippen LogP contribution in [0.25, 0.3) is 0 Å². The molecule has 0 spiro atoms. The van der Waals surface area contributed by atoms with E-state index in [4.69, 9.17) is 4.74 Å². The van der Waals surface area contributed by atoms with Crippen LogP contribution >= 0.6 is 0 Å². The SMILES string of the molecule is C=CCOc1ccccc1CNC(C)c1ccccn1. The minimum absolute atomic E-state index is 0.198. The zero-order valence-electron chi connectivity index (χ0n) is 11.8. The Balaban J connectivity index is 1.98. The van der Waals surface area contributed by atoms with Gasteiger partial charge in [-0.1, -0.05) is 36.9 Å². The zero-order chi connectivity index (χ0) is 14.2. The van der Waals surface area contributed by atoms with Crippen LogP contribution < -0.4 is 10.1 Å². The van der Waals surface area contributed by atoms with Gasteiger partial charge >= 0.3 is 0 Å². The molecule has 20 heavy (non-hydrogen) atoms. The van der Waals surface area contributed by atoms with Crippen LogP contribution in [0.4, 0.5) is 0 Å². The van der Waals surface area contributed by atoms with Crippen molar-refractivity contribution < 1.29 is 4.74 Å². The molecule has 2 aromatic rings. The molecule has 0 saturated carbocycles. The summed E-state index contributed by atoms with van der Waals surface area (Å²) in [7, 11) is 0. The molecule has 1 aromatic heterocycles. The highest BCUT2D eigenvalue weighted by Gasteiger charge is 2.07. The lowest BCUT2D eigenvalue weighted by atomic mass is 10.1. The molecule has 0 fully saturated rings. The first-order valence-electron chi connectivity index (χ1n) is 6.77. The van der Waals surface area contributed by atoms with Crippen LogP contribution in [-0.2, 0) is 6.54 Å². The van der Waals surface area contributed by atoms with E-state index < -0.39 is 0 Å². The Labute approximate surface area is 120 Å². The molecule has 104 valence electrons. The predicted molar refractivity (Wildman–Crippen MR) is 81.6 cm³/mol. The van der Waals surface area contributed by atoms with Crippen LogP contribution in [0.2, 0.25) is 0 Å². The number of pyridine rings is 1. The first-order chi connectivity index (χ1) is 9.81. The monoisotopic (exact) mass is 268 g/mol. The van der Waals surface area contributed by atoms with E-state index in [9.17, 15) is 0 Å². The largest absolute Gasteiger partial charge is 0.489 e. The number of benzene rings is 1. The quantitative estimate of drug-likeness (QED) is 0.780. The Morgan fingerprint density at radius 3 is 2.80 bits per heavy atom. The summed E-state index contributed by atoms with van der Waals surface area (Å²) in [5.41, 5.74) is 2.18. The van der Waals surface area contributed by atoms with Gasteiger partial charge in [-0.25, -0.2) is 0 Å². The molecule has 0 aliphatic heterocycles. The third-order valence-electron chi connectivity index (χ3n) is 3.06. The molecule has 0 aliphatic rings. The molecule has 0 aliphatic carbocycles. The lowest BCUT2D eigenvalue weighted by Crippen LogP contribution is -2.19. The molecular formula is C17H20N2O. The van der Waals surface area contributed by atoms with Crippen molar-refractivity contribution in [3.8, 4) is 5.75 Å². The van der Waals surface area contributed by atoms with Crippen molar-refractivity contribution in [3.05, 3.63) is 72.6 Å². The minimum Gasteiger partial charge on any atom is -0.489 e. The Bertz CT molecular complexity index is 540. The molecule has 1 heterocycles. The van der Waals surface area contributed by atoms with Crippen molar-refractivity contribution in [1.29, 1.82) is 0 Å². The fourth-order valence-corrected chi connectivity index (χ4v) is 1.94. The van der Waals surface area contributed by atoms with Crippen LogP contribution in [0.3, 0.4) is 0 Å². The normalized spacial score (nSPS) is 11.8. The van der Waals surface area contributed by atoms with E-state index >= 15 is 0 Å². The highest BCUT2D eigenvalue weighted by molar-refractivity contribution is 5.33. The van der Waals surface area contributed by atoms with Gasteiger partial charge in [0.05, 0.1) is 5.69 Å². The molecule has 1 N–H and O–H groups in total. The van der Waals surface area contributed by atoms with E-state index in [-0.39, 0.29) is 6.04 Å². The van der Waals surface area contributed by atoms with E-state index in [0.29, 0.717) is 6.61 Å². The van der Waals surface area contributed by atoms with Gasteiger partial charge in [0.15, 0.2) is 0 Å². The average molecular weight is 268 g/mol. The topological polar surface area (TPSA) is 34.1 Å². The van der Waals surface area contributed by atoms with Crippen molar-refractivity contribution in [2.45, 2.75) is 19.5 Å². The molecule has 1 aromatic carbocycles. The number of ether oxygens (including phenoxy) is 1. The van der Waals surface area contributed by atoms with Gasteiger partial charge < -0.3 is 10.1 Å². The molecule has 0 amide bonds. The molecule has 0 radical (unpaired) electrons. The van der Waals surface area contributed by atoms with Gasteiger partial charge in [-0.15, -0.1) is 0 Å². The van der Waals surface area contributed by atoms with Gasteiger partial charge in [0.25, 0.3) is 0 Å². The smallest absolute Gasteiger partial charge is 0.124 e. The van der Waals surface area contributed by atoms with Crippen LogP contribution in [0.5, 0.6) is 5.75 Å². The molecule has 1 unspecified atom stereocenters. The zero-order valence-corrected chi connectivity index (χ0v) is 11.8. The number of rotatable bonds is 7. The highest BCUT2D eigenvalue weighted by atomic mass is 16.5. The second-order valence-electron chi connectivity index (χ2n) is 4.56. The van der Waals surface area contributed by atoms with Gasteiger partial charge in [0, 0.05) is 24.3 Å². The summed E-state index contributed by atoms with van der Waals surface area (Å²) < 4.78 is 5.65. The summed E-state index contributed by atoms with van der Waals surface area (Å²) in [5, 5.41) is 3.46. The van der Waals surface area contributed by atoms with Crippen molar-refractivity contribution in [3.63, 3.8) is 0 Å². The van der Waals surface area contributed by atoms with Crippen molar-refractivity contribution >= 4 is 0 Å². The summed E-state index contributed by atoms with van der Waals surface area (Å²) in [5.74, 6) is 0.896. The Morgan fingerprint density at radius 2 is 2.05 bits per heavy atom. The van der Waals surface area contributed by atoms with E-state index in [2.05, 4.69) is 29.9 Å². The first-order valence-corrected chi connectivity index (χ1v) is 6.77. The highest BCUT2D eigenvalue weighted by Crippen LogP contribution is 2.19. The lowest BCUT2D eigenvalue weighted by Gasteiger charge is -2.15. The first kappa shape index (κ1) is 14.3. The fraction of sp³-hybridized carbons (Fsp3) is 0.235. The summed E-state index contributed by atoms with van der Waals surface area (Å²) in [6.07, 6.45) is 3.56. The Morgan fingerprint density at radius 1 is 1.25 bits per heavy atom. The van der Waals surface area contributed by atoms with Crippen LogP contribution in [-0.4, -0.2) is 11.6 Å². The molecule has 0 bridgehead atoms. The fourth-order valence-electron chi connectivity index (χ4n) is 1.94. The Hall–Kier alpha value is -2.13. The van der Waals surface area contributed by atoms with Gasteiger partial charge in [-0.3, -0.25) is 4.98 Å². The molecular weight excluding hydrogens is 248 g/mol. The number of hydrogen-bond acceptors (Lipinski definition) is 3. The van der Waals surface area contributed by atoms with E-state index in [1.165, 1.54) is 0 Å². The van der Waals surface area contributed by atoms with Gasteiger partial charge in [0.2, 0.25) is 0 Å². The van der Waals surface area contributed by atoms with Gasteiger partial charge in [0.1, 0.15) is 12.4 Å². The second kappa shape index (κ2) is 7.46. The predicted octanol–water partition coefficient (Wildman–Crippen LogP) is 3.50. The molecule has 3 nitrogen and oxygen atoms in total. The average Bonchev–Trinajstić information content (AvgIpc) is 2.52. The lowest BCUT2D eigenvalue weighted by molar-refractivity contribution is 0.357. The third kappa shape index (κ3) is 3.93. The third-order valence-corrected chi connectivity index (χ3v) is 3.06. The number of para-hydroxylation sites is 1. The summed E-state index contributed by atoms with van der Waals surface area (Å²) in [6.45, 7) is 7.04. The second-order valence-corrected chi connectivity index (χ2v) is 4.56. The molecule has 2 rings (SSSR count). The maximum absolute atomic E-state index is 5.65. The van der Waals surface area contributed by atoms with Gasteiger partial charge in [-0.2, -0.15) is 0 Å². The standard InChI is InChI=1S/C17H20N2O/c1-3-12-20-17-10-5-4-8-15(17)13-19-14(2)16-9-6-7-11-18-16/h3-11,14,19H,1,12-13H2,2H3. The van der Waals surface area contributed by atoms with Crippen LogP contribution in [0, 0.1) is 0 Å².